The number of carboxylic acids is 1. The highest BCUT2D eigenvalue weighted by Gasteiger charge is 2.43. The molecule has 3 heterocycles. The second-order valence-corrected chi connectivity index (χ2v) is 11.8. The number of rotatable bonds is 10. The lowest BCUT2D eigenvalue weighted by Crippen LogP contribution is -2.48. The number of carboxylic acid groups (broad SMARTS) is 1. The first-order valence-corrected chi connectivity index (χ1v) is 15.1. The Kier molecular flexibility index (Phi) is 9.34. The van der Waals surface area contributed by atoms with Gasteiger partial charge < -0.3 is 14.9 Å². The molecule has 3 unspecified atom stereocenters. The maximum absolute atomic E-state index is 12.5. The first kappa shape index (κ1) is 27.1. The Morgan fingerprint density at radius 2 is 1.74 bits per heavy atom. The predicted molar refractivity (Wildman–Crippen MR) is 154 cm³/mol. The van der Waals surface area contributed by atoms with Crippen LogP contribution in [0.15, 0.2) is 54.7 Å². The van der Waals surface area contributed by atoms with Crippen molar-refractivity contribution in [1.82, 2.24) is 14.8 Å². The van der Waals surface area contributed by atoms with Crippen molar-refractivity contribution in [3.8, 4) is 0 Å². The van der Waals surface area contributed by atoms with Gasteiger partial charge in [0.2, 0.25) is 0 Å². The number of benzene rings is 1. The molecular weight excluding hydrogens is 472 g/mol. The van der Waals surface area contributed by atoms with Gasteiger partial charge >= 0.3 is 5.97 Å². The van der Waals surface area contributed by atoms with Gasteiger partial charge in [-0.25, -0.2) is 4.98 Å². The Bertz CT molecular complexity index is 989. The number of aliphatic carboxylic acids is 1. The first-order chi connectivity index (χ1) is 18.6. The molecule has 6 nitrogen and oxygen atoms in total. The van der Waals surface area contributed by atoms with E-state index in [9.17, 15) is 9.90 Å². The highest BCUT2D eigenvalue weighted by molar-refractivity contribution is 5.74. The normalized spacial score (nSPS) is 24.9. The molecule has 1 aromatic carbocycles. The third-order valence-electron chi connectivity index (χ3n) is 9.34. The van der Waals surface area contributed by atoms with E-state index in [2.05, 4.69) is 69.1 Å². The van der Waals surface area contributed by atoms with Crippen LogP contribution in [0.4, 0.5) is 5.82 Å². The second-order valence-electron chi connectivity index (χ2n) is 11.8. The Morgan fingerprint density at radius 1 is 1.00 bits per heavy atom. The molecule has 6 heteroatoms. The summed E-state index contributed by atoms with van der Waals surface area (Å²) >= 11 is 0. The van der Waals surface area contributed by atoms with Crippen molar-refractivity contribution in [2.45, 2.75) is 76.3 Å². The van der Waals surface area contributed by atoms with Gasteiger partial charge in [-0.3, -0.25) is 9.69 Å². The van der Waals surface area contributed by atoms with Gasteiger partial charge in [0, 0.05) is 57.4 Å². The van der Waals surface area contributed by atoms with E-state index in [4.69, 9.17) is 0 Å². The Morgan fingerprint density at radius 3 is 2.39 bits per heavy atom. The van der Waals surface area contributed by atoms with Gasteiger partial charge in [0.1, 0.15) is 11.9 Å². The highest BCUT2D eigenvalue weighted by Crippen LogP contribution is 2.38. The monoisotopic (exact) mass is 518 g/mol. The number of hydrogen-bond donors (Lipinski definition) is 1. The van der Waals surface area contributed by atoms with Crippen LogP contribution in [0.3, 0.4) is 0 Å². The minimum atomic E-state index is -0.615. The Hall–Kier alpha value is -2.44. The summed E-state index contributed by atoms with van der Waals surface area (Å²) in [7, 11) is 0. The van der Waals surface area contributed by atoms with Gasteiger partial charge in [0.15, 0.2) is 0 Å². The zero-order chi connectivity index (χ0) is 26.3. The van der Waals surface area contributed by atoms with Gasteiger partial charge in [0.05, 0.1) is 0 Å². The summed E-state index contributed by atoms with van der Waals surface area (Å²) < 4.78 is 0. The summed E-state index contributed by atoms with van der Waals surface area (Å²) in [6.07, 6.45) is 11.1. The van der Waals surface area contributed by atoms with E-state index in [0.717, 1.165) is 77.2 Å². The van der Waals surface area contributed by atoms with E-state index >= 15 is 0 Å². The lowest BCUT2D eigenvalue weighted by molar-refractivity contribution is -0.145. The van der Waals surface area contributed by atoms with Crippen LogP contribution in [0, 0.1) is 11.8 Å². The largest absolute Gasteiger partial charge is 0.480 e. The molecule has 3 fully saturated rings. The molecule has 0 amide bonds. The molecule has 1 aliphatic carbocycles. The average Bonchev–Trinajstić information content (AvgIpc) is 3.36. The number of likely N-dealkylation sites (tertiary alicyclic amines) is 2. The quantitative estimate of drug-likeness (QED) is 0.448. The fourth-order valence-corrected chi connectivity index (χ4v) is 7.49. The van der Waals surface area contributed by atoms with Gasteiger partial charge in [-0.05, 0) is 61.6 Å². The lowest BCUT2D eigenvalue weighted by atomic mass is 9.83. The van der Waals surface area contributed by atoms with E-state index in [1.807, 2.05) is 12.3 Å². The molecule has 1 N–H and O–H groups in total. The third-order valence-corrected chi connectivity index (χ3v) is 9.34. The van der Waals surface area contributed by atoms with Crippen LogP contribution in [0.1, 0.15) is 69.8 Å². The van der Waals surface area contributed by atoms with Crippen molar-refractivity contribution in [3.63, 3.8) is 0 Å². The number of piperidine rings is 1. The van der Waals surface area contributed by atoms with E-state index in [1.54, 1.807) is 0 Å². The fourth-order valence-electron chi connectivity index (χ4n) is 7.49. The third kappa shape index (κ3) is 6.40. The summed E-state index contributed by atoms with van der Waals surface area (Å²) in [6.45, 7) is 8.30. The van der Waals surface area contributed by atoms with Crippen molar-refractivity contribution >= 4 is 11.8 Å². The summed E-state index contributed by atoms with van der Waals surface area (Å²) in [5.41, 5.74) is 1.37. The lowest BCUT2D eigenvalue weighted by Gasteiger charge is -2.40. The molecule has 1 saturated carbocycles. The molecule has 2 saturated heterocycles. The molecule has 2 aliphatic heterocycles. The highest BCUT2D eigenvalue weighted by atomic mass is 16.4. The molecule has 3 aliphatic rings. The molecule has 2 aromatic rings. The summed E-state index contributed by atoms with van der Waals surface area (Å²) in [4.78, 5) is 24.7. The fraction of sp³-hybridized carbons (Fsp3) is 0.625. The molecule has 38 heavy (non-hydrogen) atoms. The van der Waals surface area contributed by atoms with Gasteiger partial charge in [-0.15, -0.1) is 0 Å². The van der Waals surface area contributed by atoms with Crippen LogP contribution < -0.4 is 4.90 Å². The SMILES string of the molecule is CCCN(c1ccccn1)C1CCN(CC2CN(C(C(=O)O)C3CCCCC3)CC2c2ccccc2)CC1. The van der Waals surface area contributed by atoms with Crippen LogP contribution in [-0.4, -0.2) is 77.2 Å². The average molecular weight is 519 g/mol. The zero-order valence-corrected chi connectivity index (χ0v) is 23.1. The standard InChI is InChI=1S/C32H46N4O2/c1-2-19-36(30-15-9-10-18-33-30)28-16-20-34(21-17-28)22-27-23-35(24-29(27)25-11-5-3-6-12-25)31(32(37)38)26-13-7-4-8-14-26/h3,5-6,9-12,15,18,26-29,31H,2,4,7-8,13-14,16-17,19-24H2,1H3,(H,37,38). The number of nitrogens with zero attached hydrogens (tertiary/aromatic N) is 4. The Balaban J connectivity index is 1.26. The minimum Gasteiger partial charge on any atom is -0.480 e. The number of aromatic nitrogens is 1. The number of carbonyl (C=O) groups is 1. The molecular formula is C32H46N4O2. The van der Waals surface area contributed by atoms with Crippen LogP contribution in [-0.2, 0) is 4.79 Å². The van der Waals surface area contributed by atoms with Crippen LogP contribution in [0.2, 0.25) is 0 Å². The molecule has 3 atom stereocenters. The second kappa shape index (κ2) is 13.1. The van der Waals surface area contributed by atoms with E-state index in [1.165, 1.54) is 24.8 Å². The van der Waals surface area contributed by atoms with Crippen LogP contribution in [0.5, 0.6) is 0 Å². The van der Waals surface area contributed by atoms with Crippen LogP contribution in [0.25, 0.3) is 0 Å². The summed E-state index contributed by atoms with van der Waals surface area (Å²) in [5.74, 6) is 1.64. The molecule has 0 bridgehead atoms. The summed E-state index contributed by atoms with van der Waals surface area (Å²) in [6, 6.07) is 17.3. The van der Waals surface area contributed by atoms with Gasteiger partial charge in [0.25, 0.3) is 0 Å². The smallest absolute Gasteiger partial charge is 0.321 e. The first-order valence-electron chi connectivity index (χ1n) is 15.1. The molecule has 5 rings (SSSR count). The number of hydrogen-bond acceptors (Lipinski definition) is 5. The molecule has 0 spiro atoms. The topological polar surface area (TPSA) is 59.9 Å². The van der Waals surface area contributed by atoms with Crippen molar-refractivity contribution in [2.24, 2.45) is 11.8 Å². The van der Waals surface area contributed by atoms with E-state index in [0.29, 0.717) is 23.8 Å². The predicted octanol–water partition coefficient (Wildman–Crippen LogP) is 5.51. The maximum atomic E-state index is 12.5. The summed E-state index contributed by atoms with van der Waals surface area (Å²) in [5, 5.41) is 10.3. The minimum absolute atomic E-state index is 0.295. The Labute approximate surface area is 229 Å². The molecule has 206 valence electrons. The van der Waals surface area contributed by atoms with E-state index in [-0.39, 0.29) is 6.04 Å². The molecule has 1 aromatic heterocycles. The van der Waals surface area contributed by atoms with Crippen molar-refractivity contribution in [2.75, 3.05) is 44.2 Å². The maximum Gasteiger partial charge on any atom is 0.321 e. The van der Waals surface area contributed by atoms with Crippen molar-refractivity contribution in [3.05, 3.63) is 60.3 Å². The number of anilines is 1. The number of pyridine rings is 1. The van der Waals surface area contributed by atoms with E-state index < -0.39 is 5.97 Å². The van der Waals surface area contributed by atoms with Gasteiger partial charge in [-0.2, -0.15) is 0 Å². The van der Waals surface area contributed by atoms with Crippen LogP contribution >= 0.6 is 0 Å². The van der Waals surface area contributed by atoms with Crippen molar-refractivity contribution < 1.29 is 9.90 Å². The van der Waals surface area contributed by atoms with Crippen molar-refractivity contribution in [1.29, 1.82) is 0 Å². The molecule has 0 radical (unpaired) electrons. The van der Waals surface area contributed by atoms with Gasteiger partial charge in [-0.1, -0.05) is 62.6 Å². The zero-order valence-electron chi connectivity index (χ0n) is 23.1.